The lowest BCUT2D eigenvalue weighted by atomic mass is 10.1. The Bertz CT molecular complexity index is 527. The number of nitrogens with one attached hydrogen (secondary N) is 1. The van der Waals surface area contributed by atoms with Gasteiger partial charge in [0.05, 0.1) is 29.5 Å². The predicted molar refractivity (Wildman–Crippen MR) is 60.0 cm³/mol. The van der Waals surface area contributed by atoms with Crippen LogP contribution >= 0.6 is 11.6 Å². The molecule has 2 aromatic rings. The van der Waals surface area contributed by atoms with E-state index in [4.69, 9.17) is 22.1 Å². The Hall–Kier alpha value is -1.75. The number of nitrogen functional groups attached to an aromatic ring is 1. The van der Waals surface area contributed by atoms with Gasteiger partial charge in [0.15, 0.2) is 0 Å². The molecule has 1 aromatic heterocycles. The molecule has 0 aliphatic carbocycles. The van der Waals surface area contributed by atoms with Crippen molar-refractivity contribution in [2.24, 2.45) is 0 Å². The highest BCUT2D eigenvalue weighted by molar-refractivity contribution is 6.32. The number of nitrogens with zero attached hydrogens (tertiary/aromatic N) is 1. The molecule has 0 atom stereocenters. The van der Waals surface area contributed by atoms with E-state index in [1.165, 1.54) is 25.4 Å². The average molecular weight is 242 g/mol. The number of aromatic amines is 1. The standard InChI is InChI=1S/C10H9ClFN3O/c1-16-9-6(11)2-3-7(12)8(9)5-4-14-15-10(5)13/h2-4H,1H3,(H3,13,14,15). The molecule has 0 fully saturated rings. The number of H-pyrrole nitrogens is 1. The van der Waals surface area contributed by atoms with Gasteiger partial charge in [0.1, 0.15) is 17.4 Å². The fraction of sp³-hybridized carbons (Fsp3) is 0.100. The Kier molecular flexibility index (Phi) is 2.70. The third-order valence-electron chi connectivity index (χ3n) is 2.20. The van der Waals surface area contributed by atoms with E-state index in [1.54, 1.807) is 0 Å². The van der Waals surface area contributed by atoms with Crippen molar-refractivity contribution in [1.29, 1.82) is 0 Å². The van der Waals surface area contributed by atoms with Crippen molar-refractivity contribution in [3.05, 3.63) is 29.2 Å². The van der Waals surface area contributed by atoms with Crippen molar-refractivity contribution in [2.75, 3.05) is 12.8 Å². The minimum atomic E-state index is -0.464. The van der Waals surface area contributed by atoms with E-state index in [-0.39, 0.29) is 17.1 Å². The number of halogens is 2. The quantitative estimate of drug-likeness (QED) is 0.849. The van der Waals surface area contributed by atoms with Crippen molar-refractivity contribution in [3.63, 3.8) is 0 Å². The number of rotatable bonds is 2. The van der Waals surface area contributed by atoms with Gasteiger partial charge in [0.2, 0.25) is 0 Å². The lowest BCUT2D eigenvalue weighted by Gasteiger charge is -2.10. The molecule has 1 heterocycles. The van der Waals surface area contributed by atoms with Gasteiger partial charge in [-0.05, 0) is 12.1 Å². The van der Waals surface area contributed by atoms with E-state index >= 15 is 0 Å². The summed E-state index contributed by atoms with van der Waals surface area (Å²) >= 11 is 5.91. The van der Waals surface area contributed by atoms with Crippen LogP contribution in [0.3, 0.4) is 0 Å². The van der Waals surface area contributed by atoms with Gasteiger partial charge in [0, 0.05) is 0 Å². The Morgan fingerprint density at radius 2 is 2.25 bits per heavy atom. The van der Waals surface area contributed by atoms with E-state index in [0.29, 0.717) is 10.6 Å². The Morgan fingerprint density at radius 1 is 1.50 bits per heavy atom. The van der Waals surface area contributed by atoms with Gasteiger partial charge in [-0.3, -0.25) is 5.10 Å². The fourth-order valence-corrected chi connectivity index (χ4v) is 1.71. The van der Waals surface area contributed by atoms with Crippen LogP contribution in [-0.4, -0.2) is 17.3 Å². The van der Waals surface area contributed by atoms with Crippen molar-refractivity contribution in [1.82, 2.24) is 10.2 Å². The van der Waals surface area contributed by atoms with Crippen LogP contribution in [0.1, 0.15) is 0 Å². The first-order chi connectivity index (χ1) is 7.65. The van der Waals surface area contributed by atoms with Crippen molar-refractivity contribution >= 4 is 17.4 Å². The third kappa shape index (κ3) is 1.59. The molecule has 0 saturated carbocycles. The summed E-state index contributed by atoms with van der Waals surface area (Å²) in [4.78, 5) is 0. The summed E-state index contributed by atoms with van der Waals surface area (Å²) in [5, 5.41) is 6.58. The predicted octanol–water partition coefficient (Wildman–Crippen LogP) is 2.46. The first-order valence-corrected chi connectivity index (χ1v) is 4.84. The number of benzene rings is 1. The maximum Gasteiger partial charge on any atom is 0.148 e. The number of anilines is 1. The van der Waals surface area contributed by atoms with Crippen LogP contribution in [0.25, 0.3) is 11.1 Å². The van der Waals surface area contributed by atoms with Crippen LogP contribution in [0.2, 0.25) is 5.02 Å². The van der Waals surface area contributed by atoms with Gasteiger partial charge in [0.25, 0.3) is 0 Å². The Morgan fingerprint density at radius 3 is 2.81 bits per heavy atom. The summed E-state index contributed by atoms with van der Waals surface area (Å²) < 4.78 is 18.8. The molecule has 0 spiro atoms. The number of methoxy groups -OCH3 is 1. The third-order valence-corrected chi connectivity index (χ3v) is 2.50. The monoisotopic (exact) mass is 241 g/mol. The maximum absolute atomic E-state index is 13.7. The van der Waals surface area contributed by atoms with E-state index in [2.05, 4.69) is 10.2 Å². The largest absolute Gasteiger partial charge is 0.494 e. The van der Waals surface area contributed by atoms with Crippen LogP contribution < -0.4 is 10.5 Å². The van der Waals surface area contributed by atoms with E-state index in [1.807, 2.05) is 0 Å². The topological polar surface area (TPSA) is 63.9 Å². The molecule has 0 amide bonds. The first kappa shape index (κ1) is 10.8. The van der Waals surface area contributed by atoms with Crippen molar-refractivity contribution < 1.29 is 9.13 Å². The van der Waals surface area contributed by atoms with Crippen LogP contribution in [0.15, 0.2) is 18.3 Å². The van der Waals surface area contributed by atoms with Gasteiger partial charge in [-0.25, -0.2) is 4.39 Å². The summed E-state index contributed by atoms with van der Waals surface area (Å²) in [5.41, 5.74) is 6.27. The summed E-state index contributed by atoms with van der Waals surface area (Å²) in [6.07, 6.45) is 1.42. The minimum absolute atomic E-state index is 0.209. The van der Waals surface area contributed by atoms with Gasteiger partial charge in [-0.2, -0.15) is 5.10 Å². The molecule has 0 saturated heterocycles. The molecular weight excluding hydrogens is 233 g/mol. The number of ether oxygens (including phenoxy) is 1. The highest BCUT2D eigenvalue weighted by atomic mass is 35.5. The van der Waals surface area contributed by atoms with Crippen LogP contribution in [0.4, 0.5) is 10.2 Å². The van der Waals surface area contributed by atoms with Gasteiger partial charge < -0.3 is 10.5 Å². The van der Waals surface area contributed by atoms with E-state index in [0.717, 1.165) is 0 Å². The average Bonchev–Trinajstić information content (AvgIpc) is 2.67. The highest BCUT2D eigenvalue weighted by Gasteiger charge is 2.18. The summed E-state index contributed by atoms with van der Waals surface area (Å²) in [6.45, 7) is 0. The van der Waals surface area contributed by atoms with Crippen LogP contribution in [0.5, 0.6) is 5.75 Å². The molecule has 0 bridgehead atoms. The summed E-state index contributed by atoms with van der Waals surface area (Å²) in [6, 6.07) is 2.68. The molecule has 4 nitrogen and oxygen atoms in total. The SMILES string of the molecule is COc1c(Cl)ccc(F)c1-c1cn[nH]c1N. The molecule has 16 heavy (non-hydrogen) atoms. The molecular formula is C10H9ClFN3O. The molecule has 6 heteroatoms. The second-order valence-corrected chi connectivity index (χ2v) is 3.54. The number of aromatic nitrogens is 2. The van der Waals surface area contributed by atoms with E-state index in [9.17, 15) is 4.39 Å². The fourth-order valence-electron chi connectivity index (χ4n) is 1.48. The van der Waals surface area contributed by atoms with Gasteiger partial charge >= 0.3 is 0 Å². The zero-order valence-corrected chi connectivity index (χ0v) is 9.18. The maximum atomic E-state index is 13.7. The lowest BCUT2D eigenvalue weighted by molar-refractivity contribution is 0.413. The Labute approximate surface area is 96.2 Å². The Balaban J connectivity index is 2.73. The smallest absolute Gasteiger partial charge is 0.148 e. The van der Waals surface area contributed by atoms with Crippen LogP contribution in [-0.2, 0) is 0 Å². The molecule has 0 aliphatic rings. The summed E-state index contributed by atoms with van der Waals surface area (Å²) in [7, 11) is 1.42. The van der Waals surface area contributed by atoms with Gasteiger partial charge in [-0.15, -0.1) is 0 Å². The molecule has 3 N–H and O–H groups in total. The lowest BCUT2D eigenvalue weighted by Crippen LogP contribution is -1.95. The van der Waals surface area contributed by atoms with Crippen molar-refractivity contribution in [2.45, 2.75) is 0 Å². The summed E-state index contributed by atoms with van der Waals surface area (Å²) in [5.74, 6) is 0.0450. The second kappa shape index (κ2) is 4.02. The number of hydrogen-bond acceptors (Lipinski definition) is 3. The minimum Gasteiger partial charge on any atom is -0.494 e. The molecule has 0 unspecified atom stereocenters. The normalized spacial score (nSPS) is 10.4. The molecule has 0 aliphatic heterocycles. The van der Waals surface area contributed by atoms with Crippen molar-refractivity contribution in [3.8, 4) is 16.9 Å². The number of hydrogen-bond donors (Lipinski definition) is 2. The first-order valence-electron chi connectivity index (χ1n) is 4.46. The number of nitrogens with two attached hydrogens (primary N) is 1. The second-order valence-electron chi connectivity index (χ2n) is 3.13. The zero-order chi connectivity index (χ0) is 11.7. The molecule has 2 rings (SSSR count). The zero-order valence-electron chi connectivity index (χ0n) is 8.42. The molecule has 84 valence electrons. The highest BCUT2D eigenvalue weighted by Crippen LogP contribution is 2.39. The van der Waals surface area contributed by atoms with Gasteiger partial charge in [-0.1, -0.05) is 11.6 Å². The van der Waals surface area contributed by atoms with Crippen LogP contribution in [0, 0.1) is 5.82 Å². The molecule has 1 aromatic carbocycles. The van der Waals surface area contributed by atoms with E-state index < -0.39 is 5.82 Å². The molecule has 0 radical (unpaired) electrons.